The molecule has 2 aromatic rings. The normalized spacial score (nSPS) is 21.6. The molecule has 162 valence electrons. The molecule has 0 aromatic heterocycles. The van der Waals surface area contributed by atoms with Gasteiger partial charge in [0.25, 0.3) is 11.7 Å². The van der Waals surface area contributed by atoms with Crippen LogP contribution in [-0.2, 0) is 14.3 Å². The number of rotatable bonds is 5. The van der Waals surface area contributed by atoms with Crippen molar-refractivity contribution in [2.24, 2.45) is 0 Å². The summed E-state index contributed by atoms with van der Waals surface area (Å²) >= 11 is 6.47. The third-order valence-electron chi connectivity index (χ3n) is 5.83. The van der Waals surface area contributed by atoms with Gasteiger partial charge < -0.3 is 14.7 Å². The number of aryl methyl sites for hydroxylation is 1. The predicted molar refractivity (Wildman–Crippen MR) is 119 cm³/mol. The number of benzene rings is 2. The van der Waals surface area contributed by atoms with Gasteiger partial charge in [-0.1, -0.05) is 59.6 Å². The second-order valence-electron chi connectivity index (χ2n) is 7.83. The van der Waals surface area contributed by atoms with E-state index in [2.05, 4.69) is 4.90 Å². The van der Waals surface area contributed by atoms with E-state index in [0.717, 1.165) is 18.7 Å². The third-order valence-corrected chi connectivity index (χ3v) is 6.17. The number of carbonyl (C=O) groups is 2. The topological polar surface area (TPSA) is 70.1 Å². The van der Waals surface area contributed by atoms with Crippen molar-refractivity contribution in [3.63, 3.8) is 0 Å². The zero-order valence-electron chi connectivity index (χ0n) is 17.4. The molecule has 2 fully saturated rings. The number of nitrogens with zero attached hydrogens (tertiary/aromatic N) is 2. The largest absolute Gasteiger partial charge is 0.507 e. The summed E-state index contributed by atoms with van der Waals surface area (Å²) in [6.07, 6.45) is 0. The Hall–Kier alpha value is -2.67. The Balaban J connectivity index is 1.75. The van der Waals surface area contributed by atoms with Gasteiger partial charge in [0.2, 0.25) is 0 Å². The van der Waals surface area contributed by atoms with Crippen LogP contribution < -0.4 is 0 Å². The van der Waals surface area contributed by atoms with Crippen molar-refractivity contribution in [2.45, 2.75) is 13.0 Å². The highest BCUT2D eigenvalue weighted by atomic mass is 35.5. The molecule has 7 heteroatoms. The van der Waals surface area contributed by atoms with Gasteiger partial charge in [-0.2, -0.15) is 0 Å². The second kappa shape index (κ2) is 9.22. The van der Waals surface area contributed by atoms with E-state index in [0.29, 0.717) is 42.5 Å². The molecule has 6 nitrogen and oxygen atoms in total. The van der Waals surface area contributed by atoms with Crippen LogP contribution in [0.1, 0.15) is 22.7 Å². The quantitative estimate of drug-likeness (QED) is 0.438. The highest BCUT2D eigenvalue weighted by molar-refractivity contribution is 6.47. The number of ketones is 1. The molecular formula is C24H25ClN2O4. The molecule has 0 radical (unpaired) electrons. The number of amides is 1. The Morgan fingerprint density at radius 3 is 2.42 bits per heavy atom. The lowest BCUT2D eigenvalue weighted by Gasteiger charge is -2.31. The van der Waals surface area contributed by atoms with Crippen molar-refractivity contribution in [1.82, 2.24) is 9.80 Å². The maximum absolute atomic E-state index is 13.1. The number of ether oxygens (including phenoxy) is 1. The van der Waals surface area contributed by atoms with Crippen LogP contribution in [0.2, 0.25) is 5.02 Å². The molecule has 2 heterocycles. The predicted octanol–water partition coefficient (Wildman–Crippen LogP) is 3.40. The summed E-state index contributed by atoms with van der Waals surface area (Å²) in [4.78, 5) is 29.8. The summed E-state index contributed by atoms with van der Waals surface area (Å²) in [5, 5.41) is 11.5. The molecule has 1 N–H and O–H groups in total. The van der Waals surface area contributed by atoms with Gasteiger partial charge >= 0.3 is 0 Å². The molecule has 31 heavy (non-hydrogen) atoms. The van der Waals surface area contributed by atoms with Crippen molar-refractivity contribution < 1.29 is 19.4 Å². The Labute approximate surface area is 186 Å². The van der Waals surface area contributed by atoms with E-state index in [-0.39, 0.29) is 11.3 Å². The standard InChI is InChI=1S/C24H25ClN2O4/c1-16-6-8-17(9-7-16)22(28)20-21(18-4-2-3-5-19(18)25)27(24(30)23(20)29)11-10-26-12-14-31-15-13-26/h2-9,21,28H,10-15H2,1H3/b22-20+/t21-/m0/s1. The lowest BCUT2D eigenvalue weighted by molar-refractivity contribution is -0.140. The van der Waals surface area contributed by atoms with Crippen molar-refractivity contribution in [1.29, 1.82) is 0 Å². The van der Waals surface area contributed by atoms with Crippen LogP contribution in [0.15, 0.2) is 54.1 Å². The number of Topliss-reactive ketones (excluding diaryl/α,β-unsaturated/α-hetero) is 1. The number of hydrogen-bond acceptors (Lipinski definition) is 5. The molecule has 1 atom stereocenters. The summed E-state index contributed by atoms with van der Waals surface area (Å²) in [5.74, 6) is -1.49. The van der Waals surface area contributed by atoms with Gasteiger partial charge in [-0.25, -0.2) is 0 Å². The van der Waals surface area contributed by atoms with Crippen LogP contribution in [0, 0.1) is 6.92 Å². The Kier molecular flexibility index (Phi) is 6.41. The smallest absolute Gasteiger partial charge is 0.295 e. The molecule has 0 spiro atoms. The van der Waals surface area contributed by atoms with E-state index in [4.69, 9.17) is 16.3 Å². The minimum Gasteiger partial charge on any atom is -0.507 e. The zero-order chi connectivity index (χ0) is 22.0. The molecule has 2 aliphatic rings. The summed E-state index contributed by atoms with van der Waals surface area (Å²) in [5.41, 5.74) is 2.22. The fourth-order valence-electron chi connectivity index (χ4n) is 4.07. The first-order chi connectivity index (χ1) is 15.0. The number of morpholine rings is 1. The average molecular weight is 441 g/mol. The third kappa shape index (κ3) is 4.37. The van der Waals surface area contributed by atoms with Gasteiger partial charge in [0.15, 0.2) is 0 Å². The highest BCUT2D eigenvalue weighted by Gasteiger charge is 2.46. The van der Waals surface area contributed by atoms with Crippen molar-refractivity contribution in [3.8, 4) is 0 Å². The number of aliphatic hydroxyl groups excluding tert-OH is 1. The first-order valence-electron chi connectivity index (χ1n) is 10.4. The van der Waals surface area contributed by atoms with E-state index in [9.17, 15) is 14.7 Å². The molecule has 1 amide bonds. The molecule has 0 aliphatic carbocycles. The van der Waals surface area contributed by atoms with Crippen LogP contribution in [0.4, 0.5) is 0 Å². The first kappa shape index (κ1) is 21.6. The number of aliphatic hydroxyl groups is 1. The lowest BCUT2D eigenvalue weighted by atomic mass is 9.95. The maximum Gasteiger partial charge on any atom is 0.295 e. The zero-order valence-corrected chi connectivity index (χ0v) is 18.1. The summed E-state index contributed by atoms with van der Waals surface area (Å²) in [6.45, 7) is 5.78. The summed E-state index contributed by atoms with van der Waals surface area (Å²) in [6, 6.07) is 13.6. The van der Waals surface area contributed by atoms with Gasteiger partial charge in [-0.3, -0.25) is 14.5 Å². The van der Waals surface area contributed by atoms with Gasteiger partial charge in [0.1, 0.15) is 5.76 Å². The van der Waals surface area contributed by atoms with Crippen LogP contribution >= 0.6 is 11.6 Å². The summed E-state index contributed by atoms with van der Waals surface area (Å²) < 4.78 is 5.39. The number of likely N-dealkylation sites (tertiary alicyclic amines) is 1. The van der Waals surface area contributed by atoms with Gasteiger partial charge in [-0.15, -0.1) is 0 Å². The maximum atomic E-state index is 13.1. The van der Waals surface area contributed by atoms with Crippen LogP contribution in [0.25, 0.3) is 5.76 Å². The van der Waals surface area contributed by atoms with E-state index in [1.165, 1.54) is 4.90 Å². The van der Waals surface area contributed by atoms with Crippen molar-refractivity contribution >= 4 is 29.1 Å². The highest BCUT2D eigenvalue weighted by Crippen LogP contribution is 2.41. The van der Waals surface area contributed by atoms with Crippen LogP contribution in [0.3, 0.4) is 0 Å². The van der Waals surface area contributed by atoms with Crippen molar-refractivity contribution in [3.05, 3.63) is 75.8 Å². The van der Waals surface area contributed by atoms with Crippen molar-refractivity contribution in [2.75, 3.05) is 39.4 Å². The first-order valence-corrected chi connectivity index (χ1v) is 10.7. The fraction of sp³-hybridized carbons (Fsp3) is 0.333. The number of halogens is 1. The van der Waals surface area contributed by atoms with Crippen LogP contribution in [0.5, 0.6) is 0 Å². The Morgan fingerprint density at radius 2 is 1.74 bits per heavy atom. The van der Waals surface area contributed by atoms with Crippen LogP contribution in [-0.4, -0.2) is 66.0 Å². The molecule has 2 aliphatic heterocycles. The monoisotopic (exact) mass is 440 g/mol. The van der Waals surface area contributed by atoms with E-state index >= 15 is 0 Å². The minimum absolute atomic E-state index is 0.0731. The molecule has 0 saturated carbocycles. The second-order valence-corrected chi connectivity index (χ2v) is 8.24. The molecule has 0 bridgehead atoms. The lowest BCUT2D eigenvalue weighted by Crippen LogP contribution is -2.42. The summed E-state index contributed by atoms with van der Waals surface area (Å²) in [7, 11) is 0. The average Bonchev–Trinajstić information content (AvgIpc) is 3.03. The Morgan fingerprint density at radius 1 is 1.06 bits per heavy atom. The Bertz CT molecular complexity index is 1010. The number of hydrogen-bond donors (Lipinski definition) is 1. The minimum atomic E-state index is -0.740. The molecular weight excluding hydrogens is 416 g/mol. The SMILES string of the molecule is Cc1ccc(/C(O)=C2\C(=O)C(=O)N(CCN3CCOCC3)[C@H]2c2ccccc2Cl)cc1. The fourth-order valence-corrected chi connectivity index (χ4v) is 4.31. The molecule has 4 rings (SSSR count). The van der Waals surface area contributed by atoms with Gasteiger partial charge in [0, 0.05) is 36.8 Å². The van der Waals surface area contributed by atoms with E-state index in [1.807, 2.05) is 25.1 Å². The number of carbonyl (C=O) groups excluding carboxylic acids is 2. The molecule has 2 saturated heterocycles. The molecule has 0 unspecified atom stereocenters. The van der Waals surface area contributed by atoms with E-state index in [1.54, 1.807) is 30.3 Å². The van der Waals surface area contributed by atoms with Gasteiger partial charge in [-0.05, 0) is 18.6 Å². The van der Waals surface area contributed by atoms with Gasteiger partial charge in [0.05, 0.1) is 24.8 Å². The molecule has 2 aromatic carbocycles. The van der Waals surface area contributed by atoms with E-state index < -0.39 is 17.7 Å².